The Balaban J connectivity index is 3.24. The summed E-state index contributed by atoms with van der Waals surface area (Å²) in [6.07, 6.45) is 1.10. The Hall–Kier alpha value is -1.06. The molecule has 0 aromatic rings. The molecule has 1 N–H and O–H groups in total. The standard InChI is InChI=1S/C7H11O4/c1-6(7(9)10)3-2-4-11-5-8/h6H,2-4H2,1H3,(H,9,10). The van der Waals surface area contributed by atoms with Crippen molar-refractivity contribution < 1.29 is 19.4 Å². The van der Waals surface area contributed by atoms with Crippen LogP contribution in [0.3, 0.4) is 0 Å². The number of ether oxygens (including phenoxy) is 1. The molecule has 0 aromatic heterocycles. The van der Waals surface area contributed by atoms with Crippen LogP contribution in [0.5, 0.6) is 0 Å². The molecule has 4 heteroatoms. The minimum Gasteiger partial charge on any atom is -0.481 e. The van der Waals surface area contributed by atoms with Crippen molar-refractivity contribution in [1.82, 2.24) is 0 Å². The quantitative estimate of drug-likeness (QED) is 0.575. The fraction of sp³-hybridized carbons (Fsp3) is 0.714. The summed E-state index contributed by atoms with van der Waals surface area (Å²) in [5.41, 5.74) is 0. The zero-order chi connectivity index (χ0) is 8.69. The van der Waals surface area contributed by atoms with Crippen molar-refractivity contribution in [1.29, 1.82) is 0 Å². The molecule has 0 saturated carbocycles. The van der Waals surface area contributed by atoms with E-state index in [1.165, 1.54) is 6.47 Å². The third kappa shape index (κ3) is 5.39. The van der Waals surface area contributed by atoms with E-state index in [2.05, 4.69) is 4.74 Å². The summed E-state index contributed by atoms with van der Waals surface area (Å²) < 4.78 is 4.27. The molecule has 0 bridgehead atoms. The van der Waals surface area contributed by atoms with Crippen LogP contribution in [0.25, 0.3) is 0 Å². The van der Waals surface area contributed by atoms with Gasteiger partial charge in [0, 0.05) is 0 Å². The monoisotopic (exact) mass is 159 g/mol. The molecule has 0 fully saturated rings. The lowest BCUT2D eigenvalue weighted by atomic mass is 10.1. The van der Waals surface area contributed by atoms with Gasteiger partial charge in [-0.2, -0.15) is 0 Å². The van der Waals surface area contributed by atoms with Gasteiger partial charge in [-0.25, -0.2) is 4.79 Å². The molecule has 0 amide bonds. The maximum absolute atomic E-state index is 10.2. The highest BCUT2D eigenvalue weighted by atomic mass is 16.5. The summed E-state index contributed by atoms with van der Waals surface area (Å²) in [7, 11) is 0. The molecule has 0 spiro atoms. The average molecular weight is 159 g/mol. The normalized spacial score (nSPS) is 12.1. The molecule has 0 aromatic carbocycles. The van der Waals surface area contributed by atoms with Crippen LogP contribution in [0, 0.1) is 5.92 Å². The van der Waals surface area contributed by atoms with Gasteiger partial charge < -0.3 is 9.84 Å². The lowest BCUT2D eigenvalue weighted by molar-refractivity contribution is -0.141. The SMILES string of the molecule is CC(CCCO[C]=O)C(=O)O. The molecule has 0 heterocycles. The number of carboxylic acids is 1. The molecule has 0 aliphatic rings. The van der Waals surface area contributed by atoms with E-state index in [0.29, 0.717) is 12.8 Å². The van der Waals surface area contributed by atoms with Gasteiger partial charge in [-0.1, -0.05) is 6.92 Å². The first-order valence-corrected chi connectivity index (χ1v) is 3.40. The van der Waals surface area contributed by atoms with Crippen LogP contribution >= 0.6 is 0 Å². The second-order valence-corrected chi connectivity index (χ2v) is 2.31. The molecular formula is C7H11O4. The van der Waals surface area contributed by atoms with Crippen LogP contribution in [-0.4, -0.2) is 24.2 Å². The van der Waals surface area contributed by atoms with E-state index in [4.69, 9.17) is 5.11 Å². The highest BCUT2D eigenvalue weighted by molar-refractivity contribution is 5.69. The van der Waals surface area contributed by atoms with Gasteiger partial charge in [0.1, 0.15) is 0 Å². The average Bonchev–Trinajstić information content (AvgIpc) is 1.97. The predicted molar refractivity (Wildman–Crippen MR) is 37.7 cm³/mol. The van der Waals surface area contributed by atoms with Crippen LogP contribution in [0.1, 0.15) is 19.8 Å². The first kappa shape index (κ1) is 9.94. The number of carboxylic acid groups (broad SMARTS) is 1. The van der Waals surface area contributed by atoms with Crippen LogP contribution < -0.4 is 0 Å². The van der Waals surface area contributed by atoms with Crippen LogP contribution in [0.4, 0.5) is 0 Å². The molecule has 0 saturated heterocycles. The number of aliphatic carboxylic acids is 1. The second-order valence-electron chi connectivity index (χ2n) is 2.31. The molecule has 4 nitrogen and oxygen atoms in total. The lowest BCUT2D eigenvalue weighted by Gasteiger charge is -2.03. The largest absolute Gasteiger partial charge is 0.481 e. The van der Waals surface area contributed by atoms with Crippen molar-refractivity contribution in [3.05, 3.63) is 0 Å². The molecule has 63 valence electrons. The Morgan fingerprint density at radius 3 is 2.82 bits per heavy atom. The fourth-order valence-electron chi connectivity index (χ4n) is 0.627. The summed E-state index contributed by atoms with van der Waals surface area (Å²) in [4.78, 5) is 19.8. The molecular weight excluding hydrogens is 148 g/mol. The molecule has 1 radical (unpaired) electrons. The van der Waals surface area contributed by atoms with E-state index in [-0.39, 0.29) is 12.5 Å². The van der Waals surface area contributed by atoms with Crippen LogP contribution in [-0.2, 0) is 14.3 Å². The van der Waals surface area contributed by atoms with Gasteiger partial charge in [0.05, 0.1) is 12.5 Å². The molecule has 1 atom stereocenters. The van der Waals surface area contributed by atoms with E-state index in [1.54, 1.807) is 6.92 Å². The van der Waals surface area contributed by atoms with Crippen molar-refractivity contribution in [3.8, 4) is 0 Å². The third-order valence-corrected chi connectivity index (χ3v) is 1.36. The van der Waals surface area contributed by atoms with Crippen LogP contribution in [0.2, 0.25) is 0 Å². The number of hydrogen-bond acceptors (Lipinski definition) is 3. The number of carbonyl (C=O) groups is 1. The van der Waals surface area contributed by atoms with Crippen molar-refractivity contribution in [3.63, 3.8) is 0 Å². The zero-order valence-electron chi connectivity index (χ0n) is 6.37. The maximum Gasteiger partial charge on any atom is 0.417 e. The van der Waals surface area contributed by atoms with Gasteiger partial charge in [0.25, 0.3) is 0 Å². The van der Waals surface area contributed by atoms with E-state index in [0.717, 1.165) is 0 Å². The number of rotatable bonds is 6. The van der Waals surface area contributed by atoms with E-state index in [1.807, 2.05) is 0 Å². The third-order valence-electron chi connectivity index (χ3n) is 1.36. The Kier molecular flexibility index (Phi) is 5.15. The first-order chi connectivity index (χ1) is 5.18. The predicted octanol–water partition coefficient (Wildman–Crippen LogP) is 0.571. The fourth-order valence-corrected chi connectivity index (χ4v) is 0.627. The van der Waals surface area contributed by atoms with Gasteiger partial charge >= 0.3 is 12.4 Å². The smallest absolute Gasteiger partial charge is 0.417 e. The van der Waals surface area contributed by atoms with Crippen molar-refractivity contribution >= 4 is 12.4 Å². The molecule has 11 heavy (non-hydrogen) atoms. The lowest BCUT2D eigenvalue weighted by Crippen LogP contribution is -2.10. The highest BCUT2D eigenvalue weighted by Gasteiger charge is 2.09. The zero-order valence-corrected chi connectivity index (χ0v) is 6.37. The number of carbonyl (C=O) groups excluding carboxylic acids is 1. The summed E-state index contributed by atoms with van der Waals surface area (Å²) in [5, 5.41) is 8.42. The van der Waals surface area contributed by atoms with Crippen molar-refractivity contribution in [2.75, 3.05) is 6.61 Å². The topological polar surface area (TPSA) is 63.6 Å². The van der Waals surface area contributed by atoms with Crippen molar-refractivity contribution in [2.45, 2.75) is 19.8 Å². The number of hydrogen-bond donors (Lipinski definition) is 1. The summed E-state index contributed by atoms with van der Waals surface area (Å²) in [5.74, 6) is -1.19. The maximum atomic E-state index is 10.2. The van der Waals surface area contributed by atoms with Gasteiger partial charge in [0.15, 0.2) is 0 Å². The highest BCUT2D eigenvalue weighted by Crippen LogP contribution is 2.04. The van der Waals surface area contributed by atoms with Gasteiger partial charge in [-0.05, 0) is 12.8 Å². The van der Waals surface area contributed by atoms with E-state index in [9.17, 15) is 9.59 Å². The van der Waals surface area contributed by atoms with E-state index >= 15 is 0 Å². The summed E-state index contributed by atoms with van der Waals surface area (Å²) in [6, 6.07) is 0. The van der Waals surface area contributed by atoms with E-state index < -0.39 is 5.97 Å². The molecule has 0 rings (SSSR count). The Morgan fingerprint density at radius 1 is 1.73 bits per heavy atom. The van der Waals surface area contributed by atoms with Gasteiger partial charge in [-0.3, -0.25) is 4.79 Å². The van der Waals surface area contributed by atoms with Crippen LogP contribution in [0.15, 0.2) is 0 Å². The molecule has 1 unspecified atom stereocenters. The second kappa shape index (κ2) is 5.70. The minimum absolute atomic E-state index is 0.251. The Morgan fingerprint density at radius 2 is 2.36 bits per heavy atom. The molecule has 0 aliphatic carbocycles. The minimum atomic E-state index is -0.819. The van der Waals surface area contributed by atoms with Gasteiger partial charge in [-0.15, -0.1) is 0 Å². The molecule has 0 aliphatic heterocycles. The van der Waals surface area contributed by atoms with Gasteiger partial charge in [0.2, 0.25) is 0 Å². The summed E-state index contributed by atoms with van der Waals surface area (Å²) in [6.45, 7) is 3.14. The Labute approximate surface area is 65.2 Å². The Bertz CT molecular complexity index is 132. The summed E-state index contributed by atoms with van der Waals surface area (Å²) >= 11 is 0. The first-order valence-electron chi connectivity index (χ1n) is 3.40. The van der Waals surface area contributed by atoms with Crippen molar-refractivity contribution in [2.24, 2.45) is 5.92 Å².